The molecule has 5 nitrogen and oxygen atoms in total. The normalized spacial score (nSPS) is 23.5. The lowest BCUT2D eigenvalue weighted by Crippen LogP contribution is -2.42. The molecule has 1 aliphatic rings. The number of sulfonamides is 1. The molecule has 1 saturated heterocycles. The summed E-state index contributed by atoms with van der Waals surface area (Å²) >= 11 is 0. The second kappa shape index (κ2) is 6.54. The first-order valence-electron chi connectivity index (χ1n) is 5.77. The number of ether oxygens (including phenoxy) is 1. The third-order valence-electron chi connectivity index (χ3n) is 3.00. The van der Waals surface area contributed by atoms with E-state index in [4.69, 9.17) is 10.5 Å². The van der Waals surface area contributed by atoms with Crippen LogP contribution in [0.25, 0.3) is 0 Å². The summed E-state index contributed by atoms with van der Waals surface area (Å²) < 4.78 is 30.2. The Kier molecular flexibility index (Phi) is 5.68. The summed E-state index contributed by atoms with van der Waals surface area (Å²) in [5, 5.41) is 0. The molecule has 6 heteroatoms. The Morgan fingerprint density at radius 2 is 2.25 bits per heavy atom. The van der Waals surface area contributed by atoms with Gasteiger partial charge >= 0.3 is 0 Å². The van der Waals surface area contributed by atoms with Crippen molar-refractivity contribution >= 4 is 10.0 Å². The Hall–Kier alpha value is -0.170. The molecule has 0 aliphatic carbocycles. The summed E-state index contributed by atoms with van der Waals surface area (Å²) in [6.45, 7) is 2.17. The molecular weight excluding hydrogens is 228 g/mol. The first-order chi connectivity index (χ1) is 7.60. The molecule has 1 rings (SSSR count). The van der Waals surface area contributed by atoms with Gasteiger partial charge in [0.1, 0.15) is 0 Å². The first-order valence-corrected chi connectivity index (χ1v) is 7.38. The van der Waals surface area contributed by atoms with Crippen LogP contribution in [0.5, 0.6) is 0 Å². The molecule has 2 N–H and O–H groups in total. The Morgan fingerprint density at radius 3 is 2.88 bits per heavy atom. The molecule has 1 fully saturated rings. The number of nitrogens with two attached hydrogens (primary N) is 1. The van der Waals surface area contributed by atoms with E-state index in [9.17, 15) is 8.42 Å². The predicted octanol–water partition coefficient (Wildman–Crippen LogP) is 0.0234. The lowest BCUT2D eigenvalue weighted by molar-refractivity contribution is 0.212. The summed E-state index contributed by atoms with van der Waals surface area (Å²) in [6.07, 6.45) is 2.95. The van der Waals surface area contributed by atoms with Crippen molar-refractivity contribution in [1.82, 2.24) is 4.31 Å². The van der Waals surface area contributed by atoms with Crippen LogP contribution in [0.4, 0.5) is 0 Å². The van der Waals surface area contributed by atoms with Gasteiger partial charge in [0.15, 0.2) is 0 Å². The molecule has 0 radical (unpaired) electrons. The second-order valence-corrected chi connectivity index (χ2v) is 6.34. The van der Waals surface area contributed by atoms with Gasteiger partial charge in [-0.2, -0.15) is 0 Å². The summed E-state index contributed by atoms with van der Waals surface area (Å²) in [4.78, 5) is 0. The minimum atomic E-state index is -3.13. The van der Waals surface area contributed by atoms with Crippen LogP contribution in [0.3, 0.4) is 0 Å². The molecule has 1 atom stereocenters. The Balaban J connectivity index is 2.52. The van der Waals surface area contributed by atoms with Crippen LogP contribution in [0.1, 0.15) is 19.3 Å². The number of hydrogen-bond donors (Lipinski definition) is 1. The van der Waals surface area contributed by atoms with Gasteiger partial charge in [0.25, 0.3) is 0 Å². The Labute approximate surface area is 98.0 Å². The molecule has 0 aromatic rings. The van der Waals surface area contributed by atoms with Crippen molar-refractivity contribution in [3.63, 3.8) is 0 Å². The maximum Gasteiger partial charge on any atom is 0.216 e. The fraction of sp³-hybridized carbons (Fsp3) is 1.00. The monoisotopic (exact) mass is 250 g/mol. The minimum absolute atomic E-state index is 0.0822. The van der Waals surface area contributed by atoms with Crippen LogP contribution in [-0.2, 0) is 14.8 Å². The molecule has 1 aliphatic heterocycles. The highest BCUT2D eigenvalue weighted by atomic mass is 32.2. The molecule has 0 amide bonds. The van der Waals surface area contributed by atoms with Crippen LogP contribution in [0.2, 0.25) is 0 Å². The highest BCUT2D eigenvalue weighted by Crippen LogP contribution is 2.21. The van der Waals surface area contributed by atoms with Crippen molar-refractivity contribution in [3.8, 4) is 0 Å². The van der Waals surface area contributed by atoms with Gasteiger partial charge in [-0.1, -0.05) is 0 Å². The summed E-state index contributed by atoms with van der Waals surface area (Å²) in [5.41, 5.74) is 5.51. The van der Waals surface area contributed by atoms with Gasteiger partial charge < -0.3 is 10.5 Å². The van der Waals surface area contributed by atoms with E-state index in [0.29, 0.717) is 25.6 Å². The molecule has 96 valence electrons. The molecule has 0 saturated carbocycles. The van der Waals surface area contributed by atoms with E-state index in [-0.39, 0.29) is 12.4 Å². The van der Waals surface area contributed by atoms with Gasteiger partial charge in [-0.3, -0.25) is 0 Å². The number of hydrogen-bond acceptors (Lipinski definition) is 4. The molecule has 0 spiro atoms. The van der Waals surface area contributed by atoms with Crippen molar-refractivity contribution in [2.75, 3.05) is 39.1 Å². The van der Waals surface area contributed by atoms with Crippen LogP contribution >= 0.6 is 0 Å². The van der Waals surface area contributed by atoms with E-state index in [1.807, 2.05) is 0 Å². The highest BCUT2D eigenvalue weighted by molar-refractivity contribution is 7.89. The number of nitrogens with zero attached hydrogens (tertiary/aromatic N) is 1. The summed E-state index contributed by atoms with van der Waals surface area (Å²) in [6, 6.07) is 0. The molecule has 0 bridgehead atoms. The maximum absolute atomic E-state index is 11.9. The van der Waals surface area contributed by atoms with E-state index in [1.165, 1.54) is 7.11 Å². The third kappa shape index (κ3) is 4.01. The zero-order valence-corrected chi connectivity index (χ0v) is 10.7. The average molecular weight is 250 g/mol. The van der Waals surface area contributed by atoms with Crippen LogP contribution in [0, 0.1) is 5.92 Å². The van der Waals surface area contributed by atoms with Crippen LogP contribution in [-0.4, -0.2) is 51.8 Å². The number of piperidine rings is 1. The van der Waals surface area contributed by atoms with Crippen molar-refractivity contribution in [2.24, 2.45) is 11.7 Å². The van der Waals surface area contributed by atoms with Gasteiger partial charge in [-0.15, -0.1) is 0 Å². The van der Waals surface area contributed by atoms with Crippen molar-refractivity contribution in [2.45, 2.75) is 19.3 Å². The molecule has 16 heavy (non-hydrogen) atoms. The van der Waals surface area contributed by atoms with Crippen molar-refractivity contribution in [1.29, 1.82) is 0 Å². The fourth-order valence-corrected chi connectivity index (χ4v) is 3.55. The van der Waals surface area contributed by atoms with Gasteiger partial charge in [0.2, 0.25) is 10.0 Å². The quantitative estimate of drug-likeness (QED) is 0.721. The van der Waals surface area contributed by atoms with Crippen molar-refractivity contribution < 1.29 is 13.2 Å². The van der Waals surface area contributed by atoms with Gasteiger partial charge in [0.05, 0.1) is 12.4 Å². The maximum atomic E-state index is 11.9. The zero-order chi connectivity index (χ0) is 12.0. The highest BCUT2D eigenvalue weighted by Gasteiger charge is 2.27. The molecule has 1 heterocycles. The Bertz CT molecular complexity index is 290. The largest absolute Gasteiger partial charge is 0.384 e. The van der Waals surface area contributed by atoms with Crippen LogP contribution in [0.15, 0.2) is 0 Å². The van der Waals surface area contributed by atoms with E-state index in [1.54, 1.807) is 4.31 Å². The van der Waals surface area contributed by atoms with Crippen molar-refractivity contribution in [3.05, 3.63) is 0 Å². The summed E-state index contributed by atoms with van der Waals surface area (Å²) in [7, 11) is -1.61. The lowest BCUT2D eigenvalue weighted by Gasteiger charge is -2.31. The standard InChI is InChI=1S/C10H22N2O3S/c1-15-7-8-16(13,14)12-6-2-3-10(9-12)4-5-11/h10H,2-9,11H2,1H3. The van der Waals surface area contributed by atoms with Gasteiger partial charge in [-0.05, 0) is 31.7 Å². The SMILES string of the molecule is COCCS(=O)(=O)N1CCCC(CCN)C1. The topological polar surface area (TPSA) is 72.6 Å². The van der Waals surface area contributed by atoms with E-state index in [2.05, 4.69) is 0 Å². The van der Waals surface area contributed by atoms with E-state index < -0.39 is 10.0 Å². The van der Waals surface area contributed by atoms with Gasteiger partial charge in [-0.25, -0.2) is 12.7 Å². The Morgan fingerprint density at radius 1 is 1.50 bits per heavy atom. The second-order valence-electron chi connectivity index (χ2n) is 4.25. The fourth-order valence-electron chi connectivity index (χ4n) is 2.07. The number of methoxy groups -OCH3 is 1. The predicted molar refractivity (Wildman–Crippen MR) is 63.6 cm³/mol. The average Bonchev–Trinajstić information content (AvgIpc) is 2.27. The minimum Gasteiger partial charge on any atom is -0.384 e. The molecule has 0 aromatic heterocycles. The molecule has 0 aromatic carbocycles. The lowest BCUT2D eigenvalue weighted by atomic mass is 9.96. The van der Waals surface area contributed by atoms with E-state index in [0.717, 1.165) is 19.3 Å². The van der Waals surface area contributed by atoms with E-state index >= 15 is 0 Å². The zero-order valence-electron chi connectivity index (χ0n) is 9.89. The van der Waals surface area contributed by atoms with Gasteiger partial charge in [0, 0.05) is 20.2 Å². The van der Waals surface area contributed by atoms with Crippen LogP contribution < -0.4 is 5.73 Å². The molecular formula is C10H22N2O3S. The first kappa shape index (κ1) is 13.9. The molecule has 1 unspecified atom stereocenters. The summed E-state index contributed by atoms with van der Waals surface area (Å²) in [5.74, 6) is 0.509. The smallest absolute Gasteiger partial charge is 0.216 e. The number of rotatable bonds is 6. The third-order valence-corrected chi connectivity index (χ3v) is 4.80.